The highest BCUT2D eigenvalue weighted by Crippen LogP contribution is 2.23. The summed E-state index contributed by atoms with van der Waals surface area (Å²) in [4.78, 5) is 39.0. The predicted molar refractivity (Wildman–Crippen MR) is 161 cm³/mol. The van der Waals surface area contributed by atoms with E-state index >= 15 is 0 Å². The number of unbranched alkanes of at least 4 members (excludes halogenated alkanes) is 1. The minimum atomic E-state index is -0.480. The molecule has 0 saturated heterocycles. The Morgan fingerprint density at radius 2 is 1.59 bits per heavy atom. The quantitative estimate of drug-likeness (QED) is 0.220. The first-order valence-electron chi connectivity index (χ1n) is 14.4. The van der Waals surface area contributed by atoms with Crippen molar-refractivity contribution in [2.75, 3.05) is 20.3 Å². The minimum absolute atomic E-state index is 0.0398. The van der Waals surface area contributed by atoms with Crippen molar-refractivity contribution in [3.05, 3.63) is 95.6 Å². The van der Waals surface area contributed by atoms with Crippen LogP contribution in [0.1, 0.15) is 61.0 Å². The second kappa shape index (κ2) is 17.0. The fourth-order valence-electron chi connectivity index (χ4n) is 4.79. The van der Waals surface area contributed by atoms with Crippen LogP contribution in [-0.2, 0) is 32.0 Å². The van der Waals surface area contributed by atoms with E-state index in [1.54, 1.807) is 14.0 Å². The Kier molecular flexibility index (Phi) is 13.1. The van der Waals surface area contributed by atoms with Gasteiger partial charge in [0.05, 0.1) is 25.7 Å². The molecule has 2 atom stereocenters. The number of hydrogen-bond acceptors (Lipinski definition) is 5. The fraction of sp³-hybridized carbons (Fsp3) is 0.382. The van der Waals surface area contributed by atoms with Gasteiger partial charge >= 0.3 is 5.97 Å². The van der Waals surface area contributed by atoms with Crippen LogP contribution in [0.3, 0.4) is 0 Å². The van der Waals surface area contributed by atoms with Gasteiger partial charge in [-0.15, -0.1) is 0 Å². The van der Waals surface area contributed by atoms with Crippen LogP contribution in [0.2, 0.25) is 0 Å². The molecule has 0 bridgehead atoms. The zero-order chi connectivity index (χ0) is 29.5. The standard InChI is InChI=1S/C34H42N2O5/c1-4-6-15-28(22-32(37)41-5-2)33(38)35-23-29-19-18-27(26-16-11-8-12-17-26)21-31(29)34(39)36-30(24-40-3)20-25-13-9-7-10-14-25/h7-14,16-19,21,28,30H,4-6,15,20,22-24H2,1-3H3,(H,35,38)(H,36,39)/t28-,30+/m1/s1. The Bertz CT molecular complexity index is 1250. The minimum Gasteiger partial charge on any atom is -0.466 e. The molecule has 41 heavy (non-hydrogen) atoms. The van der Waals surface area contributed by atoms with E-state index in [0.29, 0.717) is 30.6 Å². The third kappa shape index (κ3) is 10.2. The summed E-state index contributed by atoms with van der Waals surface area (Å²) >= 11 is 0. The Morgan fingerprint density at radius 1 is 0.878 bits per heavy atom. The van der Waals surface area contributed by atoms with Crippen LogP contribution in [0.15, 0.2) is 78.9 Å². The van der Waals surface area contributed by atoms with Gasteiger partial charge in [0.1, 0.15) is 0 Å². The van der Waals surface area contributed by atoms with Crippen molar-refractivity contribution < 1.29 is 23.9 Å². The molecule has 7 heteroatoms. The van der Waals surface area contributed by atoms with Crippen molar-refractivity contribution >= 4 is 17.8 Å². The molecule has 0 heterocycles. The van der Waals surface area contributed by atoms with Gasteiger partial charge in [0.2, 0.25) is 5.91 Å². The maximum absolute atomic E-state index is 13.7. The number of esters is 1. The Morgan fingerprint density at radius 3 is 2.24 bits per heavy atom. The van der Waals surface area contributed by atoms with Gasteiger partial charge in [-0.3, -0.25) is 14.4 Å². The van der Waals surface area contributed by atoms with E-state index in [0.717, 1.165) is 29.5 Å². The smallest absolute Gasteiger partial charge is 0.306 e. The molecule has 7 nitrogen and oxygen atoms in total. The number of carbonyl (C=O) groups excluding carboxylic acids is 3. The maximum Gasteiger partial charge on any atom is 0.306 e. The maximum atomic E-state index is 13.7. The van der Waals surface area contributed by atoms with Crippen LogP contribution in [-0.4, -0.2) is 44.1 Å². The average Bonchev–Trinajstić information content (AvgIpc) is 2.99. The summed E-state index contributed by atoms with van der Waals surface area (Å²) in [6.45, 7) is 4.60. The average molecular weight is 559 g/mol. The van der Waals surface area contributed by atoms with E-state index in [-0.39, 0.29) is 43.4 Å². The predicted octanol–water partition coefficient (Wildman–Crippen LogP) is 5.72. The lowest BCUT2D eigenvalue weighted by Gasteiger charge is -2.21. The van der Waals surface area contributed by atoms with Crippen LogP contribution < -0.4 is 10.6 Å². The summed E-state index contributed by atoms with van der Waals surface area (Å²) in [6, 6.07) is 25.3. The summed E-state index contributed by atoms with van der Waals surface area (Å²) in [5.41, 5.74) is 4.16. The summed E-state index contributed by atoms with van der Waals surface area (Å²) in [7, 11) is 1.62. The van der Waals surface area contributed by atoms with Gasteiger partial charge in [0.15, 0.2) is 0 Å². The Balaban J connectivity index is 1.83. The van der Waals surface area contributed by atoms with Crippen molar-refractivity contribution in [3.63, 3.8) is 0 Å². The van der Waals surface area contributed by atoms with Crippen LogP contribution in [0.4, 0.5) is 0 Å². The first kappa shape index (κ1) is 31.6. The van der Waals surface area contributed by atoms with Gasteiger partial charge < -0.3 is 20.1 Å². The van der Waals surface area contributed by atoms with Crippen LogP contribution in [0.5, 0.6) is 0 Å². The van der Waals surface area contributed by atoms with Crippen LogP contribution in [0, 0.1) is 5.92 Å². The normalized spacial score (nSPS) is 12.3. The number of rotatable bonds is 16. The van der Waals surface area contributed by atoms with Crippen LogP contribution in [0.25, 0.3) is 11.1 Å². The second-order valence-electron chi connectivity index (χ2n) is 10.1. The molecule has 3 aromatic carbocycles. The molecule has 0 aliphatic heterocycles. The van der Waals surface area contributed by atoms with Gasteiger partial charge in [0.25, 0.3) is 5.91 Å². The monoisotopic (exact) mass is 558 g/mol. The van der Waals surface area contributed by atoms with E-state index in [1.807, 2.05) is 85.8 Å². The van der Waals surface area contributed by atoms with Gasteiger partial charge in [-0.1, -0.05) is 92.6 Å². The second-order valence-corrected chi connectivity index (χ2v) is 10.1. The SMILES string of the molecule is CCCC[C@H](CC(=O)OCC)C(=O)NCc1ccc(-c2ccccc2)cc1C(=O)N[C@H](COC)Cc1ccccc1. The van der Waals surface area contributed by atoms with Crippen molar-refractivity contribution in [2.45, 2.75) is 58.5 Å². The molecule has 218 valence electrons. The Hall–Kier alpha value is -3.97. The van der Waals surface area contributed by atoms with Gasteiger partial charge in [-0.2, -0.15) is 0 Å². The number of ether oxygens (including phenoxy) is 2. The summed E-state index contributed by atoms with van der Waals surface area (Å²) < 4.78 is 10.5. The molecule has 2 amide bonds. The first-order valence-corrected chi connectivity index (χ1v) is 14.4. The summed E-state index contributed by atoms with van der Waals surface area (Å²) in [6.07, 6.45) is 3.01. The third-order valence-corrected chi connectivity index (χ3v) is 6.94. The summed E-state index contributed by atoms with van der Waals surface area (Å²) in [5.74, 6) is -1.31. The highest BCUT2D eigenvalue weighted by molar-refractivity contribution is 5.97. The molecule has 0 aliphatic rings. The number of amides is 2. The first-order chi connectivity index (χ1) is 19.9. The van der Waals surface area contributed by atoms with E-state index in [2.05, 4.69) is 10.6 Å². The zero-order valence-corrected chi connectivity index (χ0v) is 24.4. The molecular formula is C34H42N2O5. The molecule has 0 radical (unpaired) electrons. The van der Waals surface area contributed by atoms with Crippen LogP contribution >= 0.6 is 0 Å². The molecule has 3 rings (SSSR count). The van der Waals surface area contributed by atoms with Crippen molar-refractivity contribution in [2.24, 2.45) is 5.92 Å². The molecule has 0 spiro atoms. The summed E-state index contributed by atoms with van der Waals surface area (Å²) in [5, 5.41) is 6.12. The fourth-order valence-corrected chi connectivity index (χ4v) is 4.79. The molecule has 2 N–H and O–H groups in total. The molecule has 0 aromatic heterocycles. The lowest BCUT2D eigenvalue weighted by molar-refractivity contribution is -0.146. The molecule has 0 saturated carbocycles. The Labute approximate surface area is 243 Å². The van der Waals surface area contributed by atoms with Crippen molar-refractivity contribution in [3.8, 4) is 11.1 Å². The molecule has 0 unspecified atom stereocenters. The lowest BCUT2D eigenvalue weighted by Crippen LogP contribution is -2.40. The third-order valence-electron chi connectivity index (χ3n) is 6.94. The largest absolute Gasteiger partial charge is 0.466 e. The number of carbonyl (C=O) groups is 3. The van der Waals surface area contributed by atoms with E-state index in [9.17, 15) is 14.4 Å². The highest BCUT2D eigenvalue weighted by Gasteiger charge is 2.23. The molecule has 3 aromatic rings. The van der Waals surface area contributed by atoms with Crippen molar-refractivity contribution in [1.29, 1.82) is 0 Å². The lowest BCUT2D eigenvalue weighted by atomic mass is 9.96. The number of methoxy groups -OCH3 is 1. The van der Waals surface area contributed by atoms with Gasteiger partial charge in [-0.25, -0.2) is 0 Å². The van der Waals surface area contributed by atoms with Gasteiger partial charge in [-0.05, 0) is 48.1 Å². The molecule has 0 fully saturated rings. The van der Waals surface area contributed by atoms with E-state index in [1.165, 1.54) is 0 Å². The zero-order valence-electron chi connectivity index (χ0n) is 24.4. The number of benzene rings is 3. The number of hydrogen-bond donors (Lipinski definition) is 2. The van der Waals surface area contributed by atoms with E-state index in [4.69, 9.17) is 9.47 Å². The van der Waals surface area contributed by atoms with Gasteiger partial charge in [0, 0.05) is 25.1 Å². The number of nitrogens with one attached hydrogen (secondary N) is 2. The van der Waals surface area contributed by atoms with E-state index < -0.39 is 5.92 Å². The van der Waals surface area contributed by atoms with Crippen molar-refractivity contribution in [1.82, 2.24) is 10.6 Å². The molecular weight excluding hydrogens is 516 g/mol. The highest BCUT2D eigenvalue weighted by atomic mass is 16.5. The molecule has 0 aliphatic carbocycles. The topological polar surface area (TPSA) is 93.7 Å².